The normalized spacial score (nSPS) is 11.9. The maximum atomic E-state index is 2.46. The van der Waals surface area contributed by atoms with Crippen molar-refractivity contribution in [3.63, 3.8) is 0 Å². The van der Waals surface area contributed by atoms with Gasteiger partial charge in [0.1, 0.15) is 5.65 Å². The van der Waals surface area contributed by atoms with Crippen molar-refractivity contribution in [1.29, 1.82) is 0 Å². The molecule has 0 aliphatic heterocycles. The quantitative estimate of drug-likeness (QED) is 0.211. The Kier molecular flexibility index (Phi) is 4.80. The molecule has 3 aromatic heterocycles. The molecule has 3 heteroatoms. The molecule has 0 saturated carbocycles. The molecule has 0 bridgehead atoms. The number of para-hydroxylation sites is 2. The lowest BCUT2D eigenvalue weighted by Crippen LogP contribution is -2.01. The maximum absolute atomic E-state index is 2.46. The second kappa shape index (κ2) is 8.69. The smallest absolute Gasteiger partial charge is 0.131 e. The Bertz CT molecular complexity index is 2420. The predicted molar refractivity (Wildman–Crippen MR) is 176 cm³/mol. The van der Waals surface area contributed by atoms with Crippen LogP contribution in [0, 0.1) is 0 Å². The molecule has 0 atom stereocenters. The second-order valence-corrected chi connectivity index (χ2v) is 11.7. The molecule has 192 valence electrons. The van der Waals surface area contributed by atoms with Gasteiger partial charge in [-0.05, 0) is 59.7 Å². The number of nitrogens with zero attached hydrogens (tertiary/aromatic N) is 2. The van der Waals surface area contributed by atoms with Crippen LogP contribution in [-0.2, 0) is 0 Å². The van der Waals surface area contributed by atoms with E-state index >= 15 is 0 Å². The summed E-state index contributed by atoms with van der Waals surface area (Å²) in [7, 11) is 0. The summed E-state index contributed by atoms with van der Waals surface area (Å²) in [6.45, 7) is 0. The molecular weight excluding hydrogens is 516 g/mol. The molecule has 3 heterocycles. The van der Waals surface area contributed by atoms with Crippen LogP contribution in [0.3, 0.4) is 0 Å². The van der Waals surface area contributed by atoms with Crippen molar-refractivity contribution in [2.75, 3.05) is 0 Å². The van der Waals surface area contributed by atoms with Gasteiger partial charge in [-0.3, -0.25) is 9.13 Å². The summed E-state index contributed by atoms with van der Waals surface area (Å²) < 4.78 is 7.56. The number of rotatable bonds is 3. The van der Waals surface area contributed by atoms with E-state index in [0.717, 1.165) is 5.69 Å². The highest BCUT2D eigenvalue weighted by Gasteiger charge is 2.22. The van der Waals surface area contributed by atoms with Gasteiger partial charge in [-0.1, -0.05) is 97.1 Å². The standard InChI is InChI=1S/C38H24N2S/c1-2-11-25(12-3-1)26-13-10-14-27(23-26)39-33-18-7-4-16-30(33)37-31-17-5-8-19-34(31)40(38(37)39)28-21-22-36-32(24-28)29-15-6-9-20-35(29)41-36/h1-24H. The van der Waals surface area contributed by atoms with Crippen molar-refractivity contribution in [1.82, 2.24) is 9.13 Å². The van der Waals surface area contributed by atoms with Gasteiger partial charge >= 0.3 is 0 Å². The van der Waals surface area contributed by atoms with Gasteiger partial charge in [0.05, 0.1) is 11.0 Å². The molecule has 0 aliphatic rings. The van der Waals surface area contributed by atoms with Crippen LogP contribution < -0.4 is 0 Å². The van der Waals surface area contributed by atoms with E-state index in [2.05, 4.69) is 155 Å². The summed E-state index contributed by atoms with van der Waals surface area (Å²) >= 11 is 1.86. The van der Waals surface area contributed by atoms with Gasteiger partial charge in [0.2, 0.25) is 0 Å². The van der Waals surface area contributed by atoms with E-state index in [4.69, 9.17) is 0 Å². The molecule has 0 spiro atoms. The van der Waals surface area contributed by atoms with E-state index in [-0.39, 0.29) is 0 Å². The van der Waals surface area contributed by atoms with Crippen LogP contribution in [0.15, 0.2) is 146 Å². The molecule has 0 unspecified atom stereocenters. The molecule has 0 aliphatic carbocycles. The van der Waals surface area contributed by atoms with Crippen molar-refractivity contribution < 1.29 is 0 Å². The van der Waals surface area contributed by atoms with E-state index in [1.165, 1.54) is 69.8 Å². The Hall–Kier alpha value is -5.12. The third-order valence-electron chi connectivity index (χ3n) is 8.31. The first kappa shape index (κ1) is 22.7. The minimum absolute atomic E-state index is 1.16. The van der Waals surface area contributed by atoms with Crippen LogP contribution in [0.25, 0.3) is 75.5 Å². The molecule has 0 N–H and O–H groups in total. The van der Waals surface area contributed by atoms with Crippen molar-refractivity contribution >= 4 is 64.3 Å². The highest BCUT2D eigenvalue weighted by molar-refractivity contribution is 7.25. The van der Waals surface area contributed by atoms with Crippen LogP contribution in [-0.4, -0.2) is 9.13 Å². The van der Waals surface area contributed by atoms with Gasteiger partial charge in [0.15, 0.2) is 0 Å². The van der Waals surface area contributed by atoms with Crippen LogP contribution in [0.2, 0.25) is 0 Å². The molecule has 41 heavy (non-hydrogen) atoms. The molecule has 0 fully saturated rings. The zero-order chi connectivity index (χ0) is 26.9. The van der Waals surface area contributed by atoms with Gasteiger partial charge in [-0.2, -0.15) is 0 Å². The Morgan fingerprint density at radius 1 is 0.390 bits per heavy atom. The third-order valence-corrected chi connectivity index (χ3v) is 9.46. The zero-order valence-electron chi connectivity index (χ0n) is 22.2. The van der Waals surface area contributed by atoms with Crippen LogP contribution in [0.5, 0.6) is 0 Å². The number of hydrogen-bond acceptors (Lipinski definition) is 1. The first-order valence-corrected chi connectivity index (χ1v) is 14.8. The summed E-state index contributed by atoms with van der Waals surface area (Å²) in [5, 5.41) is 6.45. The first-order valence-electron chi connectivity index (χ1n) is 14.0. The van der Waals surface area contributed by atoms with Crippen molar-refractivity contribution in [2.24, 2.45) is 0 Å². The monoisotopic (exact) mass is 540 g/mol. The fourth-order valence-electron chi connectivity index (χ4n) is 6.53. The number of hydrogen-bond donors (Lipinski definition) is 0. The molecule has 2 nitrogen and oxygen atoms in total. The Labute approximate surface area is 240 Å². The van der Waals surface area contributed by atoms with E-state index in [1.54, 1.807) is 0 Å². The van der Waals surface area contributed by atoms with Crippen molar-refractivity contribution in [2.45, 2.75) is 0 Å². The fourth-order valence-corrected chi connectivity index (χ4v) is 7.62. The molecule has 9 aromatic rings. The highest BCUT2D eigenvalue weighted by Crippen LogP contribution is 2.42. The third kappa shape index (κ3) is 3.30. The minimum atomic E-state index is 1.16. The molecule has 6 aromatic carbocycles. The van der Waals surface area contributed by atoms with Gasteiger partial charge < -0.3 is 0 Å². The molecule has 0 amide bonds. The van der Waals surface area contributed by atoms with Gasteiger partial charge in [0.25, 0.3) is 0 Å². The lowest BCUT2D eigenvalue weighted by atomic mass is 10.1. The SMILES string of the molecule is c1ccc(-c2cccc(-n3c4ccccc4c4c5ccccc5n(-c5ccc6sc7ccccc7c6c5)c43)c2)cc1. The van der Waals surface area contributed by atoms with E-state index in [9.17, 15) is 0 Å². The summed E-state index contributed by atoms with van der Waals surface area (Å²) in [4.78, 5) is 0. The summed E-state index contributed by atoms with van der Waals surface area (Å²) in [5.74, 6) is 0. The average Bonchev–Trinajstić information content (AvgIpc) is 3.68. The second-order valence-electron chi connectivity index (χ2n) is 10.6. The Morgan fingerprint density at radius 2 is 0.976 bits per heavy atom. The van der Waals surface area contributed by atoms with Gasteiger partial charge in [0, 0.05) is 47.7 Å². The first-order chi connectivity index (χ1) is 20.3. The summed E-state index contributed by atoms with van der Waals surface area (Å²) in [5.41, 5.74) is 8.38. The lowest BCUT2D eigenvalue weighted by Gasteiger charge is -2.14. The number of benzene rings is 6. The minimum Gasteiger partial charge on any atom is -0.295 e. The van der Waals surface area contributed by atoms with E-state index in [1.807, 2.05) is 11.3 Å². The molecule has 0 radical (unpaired) electrons. The maximum Gasteiger partial charge on any atom is 0.131 e. The van der Waals surface area contributed by atoms with Crippen LogP contribution >= 0.6 is 11.3 Å². The van der Waals surface area contributed by atoms with Crippen molar-refractivity contribution in [3.05, 3.63) is 146 Å². The van der Waals surface area contributed by atoms with Crippen molar-refractivity contribution in [3.8, 4) is 22.5 Å². The Morgan fingerprint density at radius 3 is 1.73 bits per heavy atom. The average molecular weight is 541 g/mol. The van der Waals surface area contributed by atoms with E-state index < -0.39 is 0 Å². The predicted octanol–water partition coefficient (Wildman–Crippen LogP) is 10.8. The number of fused-ring (bicyclic) bond motifs is 8. The van der Waals surface area contributed by atoms with Gasteiger partial charge in [-0.25, -0.2) is 0 Å². The fraction of sp³-hybridized carbons (Fsp3) is 0. The number of aromatic nitrogens is 2. The van der Waals surface area contributed by atoms with Gasteiger partial charge in [-0.15, -0.1) is 11.3 Å². The van der Waals surface area contributed by atoms with Crippen LogP contribution in [0.4, 0.5) is 0 Å². The van der Waals surface area contributed by atoms with Crippen LogP contribution in [0.1, 0.15) is 0 Å². The molecule has 0 saturated heterocycles. The lowest BCUT2D eigenvalue weighted by molar-refractivity contribution is 1.07. The zero-order valence-corrected chi connectivity index (χ0v) is 23.0. The largest absolute Gasteiger partial charge is 0.295 e. The Balaban J connectivity index is 1.42. The summed E-state index contributed by atoms with van der Waals surface area (Å²) in [6.07, 6.45) is 0. The van der Waals surface area contributed by atoms with E-state index in [0.29, 0.717) is 0 Å². The topological polar surface area (TPSA) is 9.86 Å². The molecule has 9 rings (SSSR count). The highest BCUT2D eigenvalue weighted by atomic mass is 32.1. The summed E-state index contributed by atoms with van der Waals surface area (Å²) in [6, 6.07) is 52.9. The molecular formula is C38H24N2S. The number of thiophene rings is 1.